The molecule has 1 atom stereocenters. The Balaban J connectivity index is 1.66. The molecule has 150 valence electrons. The van der Waals surface area contributed by atoms with Crippen LogP contribution in [0.15, 0.2) is 29.3 Å². The molecule has 2 aromatic rings. The Bertz CT molecular complexity index is 924. The summed E-state index contributed by atoms with van der Waals surface area (Å²) in [6, 6.07) is 3.02. The van der Waals surface area contributed by atoms with E-state index in [1.807, 2.05) is 27.1 Å². The third-order valence-corrected chi connectivity index (χ3v) is 5.16. The van der Waals surface area contributed by atoms with Gasteiger partial charge in [0.1, 0.15) is 12.1 Å². The number of pyridine rings is 1. The van der Waals surface area contributed by atoms with E-state index < -0.39 is 5.56 Å². The van der Waals surface area contributed by atoms with E-state index in [1.54, 1.807) is 10.7 Å². The van der Waals surface area contributed by atoms with E-state index in [1.165, 1.54) is 16.8 Å². The van der Waals surface area contributed by atoms with E-state index in [4.69, 9.17) is 0 Å². The number of nitrogens with one attached hydrogen (secondary N) is 2. The molecule has 2 N–H and O–H groups in total. The number of rotatable bonds is 6. The number of aryl methyl sites for hydroxylation is 2. The molecule has 0 aliphatic heterocycles. The van der Waals surface area contributed by atoms with Crippen LogP contribution in [-0.4, -0.2) is 32.2 Å². The molecule has 0 saturated heterocycles. The van der Waals surface area contributed by atoms with E-state index in [2.05, 4.69) is 15.7 Å². The maximum atomic E-state index is 12.6. The summed E-state index contributed by atoms with van der Waals surface area (Å²) < 4.78 is 2.96. The average molecular weight is 385 g/mol. The summed E-state index contributed by atoms with van der Waals surface area (Å²) in [5.74, 6) is -0.669. The molecule has 1 saturated carbocycles. The van der Waals surface area contributed by atoms with Gasteiger partial charge >= 0.3 is 0 Å². The van der Waals surface area contributed by atoms with Crippen LogP contribution in [0.25, 0.3) is 0 Å². The predicted octanol–water partition coefficient (Wildman–Crippen LogP) is 1.44. The molecular weight excluding hydrogens is 358 g/mol. The Morgan fingerprint density at radius 2 is 2.04 bits per heavy atom. The number of hydrogen-bond acceptors (Lipinski definition) is 4. The maximum Gasteiger partial charge on any atom is 0.263 e. The van der Waals surface area contributed by atoms with Gasteiger partial charge < -0.3 is 15.2 Å². The summed E-state index contributed by atoms with van der Waals surface area (Å²) in [4.78, 5) is 37.5. The smallest absolute Gasteiger partial charge is 0.263 e. The SMILES string of the molecule is Cc1nn(C)cc1[C@@H](C)NC(=O)Cn1cccc(C(=O)NC2CCCC2)c1=O. The fourth-order valence-corrected chi connectivity index (χ4v) is 3.73. The zero-order valence-corrected chi connectivity index (χ0v) is 16.6. The van der Waals surface area contributed by atoms with Gasteiger partial charge in [-0.25, -0.2) is 0 Å². The fourth-order valence-electron chi connectivity index (χ4n) is 3.73. The molecule has 28 heavy (non-hydrogen) atoms. The fraction of sp³-hybridized carbons (Fsp3) is 0.500. The minimum Gasteiger partial charge on any atom is -0.349 e. The van der Waals surface area contributed by atoms with Crippen LogP contribution >= 0.6 is 0 Å². The zero-order valence-electron chi connectivity index (χ0n) is 16.6. The summed E-state index contributed by atoms with van der Waals surface area (Å²) >= 11 is 0. The van der Waals surface area contributed by atoms with Crippen molar-refractivity contribution in [3.05, 3.63) is 51.7 Å². The van der Waals surface area contributed by atoms with E-state index in [0.29, 0.717) is 0 Å². The topological polar surface area (TPSA) is 98.0 Å². The minimum absolute atomic E-state index is 0.0679. The Kier molecular flexibility index (Phi) is 5.96. The first-order valence-corrected chi connectivity index (χ1v) is 9.65. The first-order chi connectivity index (χ1) is 13.3. The van der Waals surface area contributed by atoms with Crippen LogP contribution in [0.1, 0.15) is 60.3 Å². The van der Waals surface area contributed by atoms with Crippen molar-refractivity contribution < 1.29 is 9.59 Å². The molecule has 2 heterocycles. The van der Waals surface area contributed by atoms with Gasteiger partial charge in [-0.15, -0.1) is 0 Å². The molecule has 1 aliphatic carbocycles. The maximum absolute atomic E-state index is 12.6. The molecule has 8 nitrogen and oxygen atoms in total. The average Bonchev–Trinajstić information content (AvgIpc) is 3.25. The van der Waals surface area contributed by atoms with Crippen LogP contribution in [0, 0.1) is 6.92 Å². The lowest BCUT2D eigenvalue weighted by molar-refractivity contribution is -0.122. The van der Waals surface area contributed by atoms with E-state index in [-0.39, 0.29) is 36.0 Å². The van der Waals surface area contributed by atoms with Gasteiger partial charge in [0.25, 0.3) is 11.5 Å². The van der Waals surface area contributed by atoms with Crippen molar-refractivity contribution in [2.45, 2.75) is 58.2 Å². The Morgan fingerprint density at radius 3 is 2.68 bits per heavy atom. The van der Waals surface area contributed by atoms with Crippen molar-refractivity contribution in [1.29, 1.82) is 0 Å². The number of hydrogen-bond donors (Lipinski definition) is 2. The van der Waals surface area contributed by atoms with Crippen molar-refractivity contribution in [2.75, 3.05) is 0 Å². The first-order valence-electron chi connectivity index (χ1n) is 9.65. The zero-order chi connectivity index (χ0) is 20.3. The highest BCUT2D eigenvalue weighted by atomic mass is 16.2. The van der Waals surface area contributed by atoms with Gasteiger partial charge in [-0.3, -0.25) is 19.1 Å². The molecule has 2 aromatic heterocycles. The molecule has 0 spiro atoms. The lowest BCUT2D eigenvalue weighted by Gasteiger charge is -2.15. The van der Waals surface area contributed by atoms with Crippen molar-refractivity contribution in [3.63, 3.8) is 0 Å². The number of amides is 2. The second kappa shape index (κ2) is 8.41. The van der Waals surface area contributed by atoms with Crippen LogP contribution in [0.2, 0.25) is 0 Å². The standard InChI is InChI=1S/C20H27N5O3/c1-13(17-11-24(3)23-14(17)2)21-18(26)12-25-10-6-9-16(20(25)28)19(27)22-15-7-4-5-8-15/h6,9-11,13,15H,4-5,7-8,12H2,1-3H3,(H,21,26)(H,22,27)/t13-/m1/s1. The van der Waals surface area contributed by atoms with E-state index in [0.717, 1.165) is 36.9 Å². The van der Waals surface area contributed by atoms with Crippen molar-refractivity contribution >= 4 is 11.8 Å². The molecule has 8 heteroatoms. The van der Waals surface area contributed by atoms with Crippen LogP contribution in [-0.2, 0) is 18.4 Å². The quantitative estimate of drug-likeness (QED) is 0.786. The van der Waals surface area contributed by atoms with Crippen molar-refractivity contribution in [1.82, 2.24) is 25.0 Å². The number of carbonyl (C=O) groups excluding carboxylic acids is 2. The molecule has 0 aromatic carbocycles. The summed E-state index contributed by atoms with van der Waals surface area (Å²) in [7, 11) is 1.83. The normalized spacial score (nSPS) is 15.4. The number of carbonyl (C=O) groups is 2. The van der Waals surface area contributed by atoms with Crippen molar-refractivity contribution in [2.24, 2.45) is 7.05 Å². The minimum atomic E-state index is -0.460. The molecule has 0 radical (unpaired) electrons. The number of nitrogens with zero attached hydrogens (tertiary/aromatic N) is 3. The predicted molar refractivity (Wildman–Crippen MR) is 105 cm³/mol. The highest BCUT2D eigenvalue weighted by Crippen LogP contribution is 2.18. The molecule has 2 amide bonds. The molecular formula is C20H27N5O3. The molecule has 0 bridgehead atoms. The van der Waals surface area contributed by atoms with Crippen LogP contribution < -0.4 is 16.2 Å². The second-order valence-corrected chi connectivity index (χ2v) is 7.44. The third kappa shape index (κ3) is 4.49. The Morgan fingerprint density at radius 1 is 1.32 bits per heavy atom. The van der Waals surface area contributed by atoms with E-state index >= 15 is 0 Å². The van der Waals surface area contributed by atoms with Gasteiger partial charge in [0, 0.05) is 31.0 Å². The third-order valence-electron chi connectivity index (χ3n) is 5.16. The largest absolute Gasteiger partial charge is 0.349 e. The molecule has 0 unspecified atom stereocenters. The monoisotopic (exact) mass is 385 g/mol. The summed E-state index contributed by atoms with van der Waals surface area (Å²) in [5.41, 5.74) is 1.38. The molecule has 1 fully saturated rings. The first kappa shape index (κ1) is 19.9. The lowest BCUT2D eigenvalue weighted by atomic mass is 10.1. The van der Waals surface area contributed by atoms with Crippen molar-refractivity contribution in [3.8, 4) is 0 Å². The summed E-state index contributed by atoms with van der Waals surface area (Å²) in [5, 5.41) is 10.1. The highest BCUT2D eigenvalue weighted by Gasteiger charge is 2.21. The van der Waals surface area contributed by atoms with E-state index in [9.17, 15) is 14.4 Å². The van der Waals surface area contributed by atoms with Gasteiger partial charge in [0.05, 0.1) is 11.7 Å². The Labute approximate surface area is 163 Å². The highest BCUT2D eigenvalue weighted by molar-refractivity contribution is 5.94. The van der Waals surface area contributed by atoms with Gasteiger partial charge in [-0.1, -0.05) is 12.8 Å². The van der Waals surface area contributed by atoms with Crippen LogP contribution in [0.4, 0.5) is 0 Å². The van der Waals surface area contributed by atoms with Gasteiger partial charge in [0.15, 0.2) is 0 Å². The van der Waals surface area contributed by atoms with Gasteiger partial charge in [-0.2, -0.15) is 5.10 Å². The van der Waals surface area contributed by atoms with Crippen LogP contribution in [0.3, 0.4) is 0 Å². The summed E-state index contributed by atoms with van der Waals surface area (Å²) in [6.45, 7) is 3.61. The number of aromatic nitrogens is 3. The lowest BCUT2D eigenvalue weighted by Crippen LogP contribution is -2.39. The summed E-state index contributed by atoms with van der Waals surface area (Å²) in [6.07, 6.45) is 7.47. The molecule has 1 aliphatic rings. The van der Waals surface area contributed by atoms with Gasteiger partial charge in [0.2, 0.25) is 5.91 Å². The molecule has 3 rings (SSSR count). The second-order valence-electron chi connectivity index (χ2n) is 7.44. The van der Waals surface area contributed by atoms with Crippen LogP contribution in [0.5, 0.6) is 0 Å². The van der Waals surface area contributed by atoms with Gasteiger partial charge in [-0.05, 0) is 38.8 Å². The Hall–Kier alpha value is -2.90.